The first-order valence-corrected chi connectivity index (χ1v) is 6.81. The summed E-state index contributed by atoms with van der Waals surface area (Å²) in [7, 11) is 0. The van der Waals surface area contributed by atoms with Gasteiger partial charge in [-0.15, -0.1) is 0 Å². The lowest BCUT2D eigenvalue weighted by Gasteiger charge is -2.02. The Labute approximate surface area is 120 Å². The molecule has 2 rings (SSSR count). The van der Waals surface area contributed by atoms with E-state index in [1.165, 1.54) is 0 Å². The number of aryl methyl sites for hydroxylation is 1. The summed E-state index contributed by atoms with van der Waals surface area (Å²) in [5.41, 5.74) is 2.83. The van der Waals surface area contributed by atoms with Crippen LogP contribution in [0.3, 0.4) is 0 Å². The molecule has 0 amide bonds. The van der Waals surface area contributed by atoms with Gasteiger partial charge in [0.05, 0.1) is 11.6 Å². The summed E-state index contributed by atoms with van der Waals surface area (Å²) >= 11 is 3.43. The molecule has 0 saturated heterocycles. The molecule has 100 valence electrons. The van der Waals surface area contributed by atoms with Crippen molar-refractivity contribution in [2.45, 2.75) is 20.3 Å². The average molecular weight is 323 g/mol. The van der Waals surface area contributed by atoms with Crippen molar-refractivity contribution in [1.82, 2.24) is 9.97 Å². The van der Waals surface area contributed by atoms with E-state index in [2.05, 4.69) is 25.9 Å². The normalized spacial score (nSPS) is 12.4. The molecule has 5 heteroatoms. The SMILES string of the molecule is Cc1[nH]c(CC(C)C(=O)O)nc1-c1cccc(Br)c1. The minimum Gasteiger partial charge on any atom is -0.481 e. The molecular formula is C14H15BrN2O2. The summed E-state index contributed by atoms with van der Waals surface area (Å²) < 4.78 is 0.993. The second-order valence-electron chi connectivity index (χ2n) is 4.61. The summed E-state index contributed by atoms with van der Waals surface area (Å²) in [4.78, 5) is 18.5. The number of hydrogen-bond acceptors (Lipinski definition) is 2. The van der Waals surface area contributed by atoms with Crippen LogP contribution in [-0.4, -0.2) is 21.0 Å². The Morgan fingerprint density at radius 2 is 2.26 bits per heavy atom. The number of benzene rings is 1. The van der Waals surface area contributed by atoms with Crippen LogP contribution in [0.2, 0.25) is 0 Å². The van der Waals surface area contributed by atoms with Gasteiger partial charge in [-0.1, -0.05) is 35.0 Å². The number of halogens is 1. The zero-order valence-electron chi connectivity index (χ0n) is 10.8. The van der Waals surface area contributed by atoms with Crippen molar-refractivity contribution in [2.75, 3.05) is 0 Å². The zero-order valence-corrected chi connectivity index (χ0v) is 12.4. The van der Waals surface area contributed by atoms with Crippen LogP contribution in [0.5, 0.6) is 0 Å². The molecule has 19 heavy (non-hydrogen) atoms. The van der Waals surface area contributed by atoms with Crippen LogP contribution in [0.1, 0.15) is 18.4 Å². The van der Waals surface area contributed by atoms with Gasteiger partial charge in [-0.3, -0.25) is 4.79 Å². The second kappa shape index (κ2) is 5.57. The Kier molecular flexibility index (Phi) is 4.04. The topological polar surface area (TPSA) is 66.0 Å². The molecule has 4 nitrogen and oxygen atoms in total. The molecule has 0 spiro atoms. The van der Waals surface area contributed by atoms with E-state index in [1.807, 2.05) is 31.2 Å². The minimum atomic E-state index is -0.807. The number of carbonyl (C=O) groups is 1. The largest absolute Gasteiger partial charge is 0.481 e. The summed E-state index contributed by atoms with van der Waals surface area (Å²) in [6, 6.07) is 7.89. The number of carboxylic acid groups (broad SMARTS) is 1. The quantitative estimate of drug-likeness (QED) is 0.906. The van der Waals surface area contributed by atoms with Crippen LogP contribution < -0.4 is 0 Å². The van der Waals surface area contributed by atoms with Gasteiger partial charge >= 0.3 is 5.97 Å². The summed E-state index contributed by atoms with van der Waals surface area (Å²) in [6.45, 7) is 3.62. The van der Waals surface area contributed by atoms with E-state index in [1.54, 1.807) is 6.92 Å². The Morgan fingerprint density at radius 1 is 1.53 bits per heavy atom. The molecule has 0 aliphatic carbocycles. The first-order valence-electron chi connectivity index (χ1n) is 6.01. The molecule has 1 aromatic carbocycles. The van der Waals surface area contributed by atoms with Gasteiger partial charge < -0.3 is 10.1 Å². The third kappa shape index (κ3) is 3.23. The predicted molar refractivity (Wildman–Crippen MR) is 77.0 cm³/mol. The number of aromatic nitrogens is 2. The molecule has 0 saturated carbocycles. The molecule has 0 aliphatic heterocycles. The lowest BCUT2D eigenvalue weighted by molar-refractivity contribution is -0.141. The fourth-order valence-electron chi connectivity index (χ4n) is 1.91. The average Bonchev–Trinajstić information content (AvgIpc) is 2.70. The molecule has 2 N–H and O–H groups in total. The number of H-pyrrole nitrogens is 1. The van der Waals surface area contributed by atoms with Crippen molar-refractivity contribution in [3.63, 3.8) is 0 Å². The first-order chi connectivity index (χ1) is 8.97. The van der Waals surface area contributed by atoms with Gasteiger partial charge in [0.25, 0.3) is 0 Å². The van der Waals surface area contributed by atoms with Crippen molar-refractivity contribution in [2.24, 2.45) is 5.92 Å². The number of aromatic amines is 1. The summed E-state index contributed by atoms with van der Waals surface area (Å²) in [6.07, 6.45) is 0.407. The van der Waals surface area contributed by atoms with Gasteiger partial charge in [-0.2, -0.15) is 0 Å². The van der Waals surface area contributed by atoms with Crippen molar-refractivity contribution in [1.29, 1.82) is 0 Å². The second-order valence-corrected chi connectivity index (χ2v) is 5.53. The van der Waals surface area contributed by atoms with E-state index in [-0.39, 0.29) is 0 Å². The smallest absolute Gasteiger partial charge is 0.306 e. The van der Waals surface area contributed by atoms with Gasteiger partial charge in [0.2, 0.25) is 0 Å². The number of nitrogens with one attached hydrogen (secondary N) is 1. The van der Waals surface area contributed by atoms with Crippen LogP contribution in [-0.2, 0) is 11.2 Å². The maximum atomic E-state index is 10.9. The number of hydrogen-bond donors (Lipinski definition) is 2. The van der Waals surface area contributed by atoms with Crippen LogP contribution in [0.4, 0.5) is 0 Å². The summed E-state index contributed by atoms with van der Waals surface area (Å²) in [5, 5.41) is 8.92. The van der Waals surface area contributed by atoms with Crippen LogP contribution >= 0.6 is 15.9 Å². The molecule has 0 bridgehead atoms. The molecule has 0 aliphatic rings. The Balaban J connectivity index is 2.29. The highest BCUT2D eigenvalue weighted by Crippen LogP contribution is 2.24. The highest BCUT2D eigenvalue weighted by molar-refractivity contribution is 9.10. The highest BCUT2D eigenvalue weighted by Gasteiger charge is 2.16. The molecule has 0 radical (unpaired) electrons. The number of rotatable bonds is 4. The van der Waals surface area contributed by atoms with E-state index in [9.17, 15) is 4.79 Å². The van der Waals surface area contributed by atoms with E-state index in [0.717, 1.165) is 21.4 Å². The van der Waals surface area contributed by atoms with Gasteiger partial charge in [0.15, 0.2) is 0 Å². The Bertz CT molecular complexity index is 607. The minimum absolute atomic E-state index is 0.407. The predicted octanol–water partition coefficient (Wildman–Crippen LogP) is 3.41. The lowest BCUT2D eigenvalue weighted by atomic mass is 10.1. The highest BCUT2D eigenvalue weighted by atomic mass is 79.9. The van der Waals surface area contributed by atoms with Crippen LogP contribution in [0.15, 0.2) is 28.7 Å². The monoisotopic (exact) mass is 322 g/mol. The number of aliphatic carboxylic acids is 1. The van der Waals surface area contributed by atoms with E-state index in [0.29, 0.717) is 12.2 Å². The fourth-order valence-corrected chi connectivity index (χ4v) is 2.31. The lowest BCUT2D eigenvalue weighted by Crippen LogP contribution is -2.13. The van der Waals surface area contributed by atoms with E-state index >= 15 is 0 Å². The van der Waals surface area contributed by atoms with Crippen molar-refractivity contribution < 1.29 is 9.90 Å². The van der Waals surface area contributed by atoms with E-state index < -0.39 is 11.9 Å². The third-order valence-electron chi connectivity index (χ3n) is 2.95. The van der Waals surface area contributed by atoms with Crippen molar-refractivity contribution in [3.8, 4) is 11.3 Å². The number of carboxylic acids is 1. The van der Waals surface area contributed by atoms with Crippen LogP contribution in [0, 0.1) is 12.8 Å². The van der Waals surface area contributed by atoms with Gasteiger partial charge in [-0.25, -0.2) is 4.98 Å². The van der Waals surface area contributed by atoms with Crippen molar-refractivity contribution in [3.05, 3.63) is 40.3 Å². The van der Waals surface area contributed by atoms with Gasteiger partial charge in [-0.05, 0) is 19.1 Å². The Hall–Kier alpha value is -1.62. The standard InChI is InChI=1S/C14H15BrN2O2/c1-8(14(18)19)6-12-16-9(2)13(17-12)10-4-3-5-11(15)7-10/h3-5,7-8H,6H2,1-2H3,(H,16,17)(H,18,19). The molecule has 1 atom stereocenters. The van der Waals surface area contributed by atoms with Gasteiger partial charge in [0.1, 0.15) is 5.82 Å². The van der Waals surface area contributed by atoms with Crippen LogP contribution in [0.25, 0.3) is 11.3 Å². The zero-order chi connectivity index (χ0) is 14.0. The van der Waals surface area contributed by atoms with Crippen molar-refractivity contribution >= 4 is 21.9 Å². The number of imidazole rings is 1. The Morgan fingerprint density at radius 3 is 2.89 bits per heavy atom. The molecule has 2 aromatic rings. The molecule has 1 heterocycles. The third-order valence-corrected chi connectivity index (χ3v) is 3.45. The summed E-state index contributed by atoms with van der Waals surface area (Å²) in [5.74, 6) is -0.540. The maximum absolute atomic E-state index is 10.9. The number of nitrogens with zero attached hydrogens (tertiary/aromatic N) is 1. The fraction of sp³-hybridized carbons (Fsp3) is 0.286. The molecule has 1 aromatic heterocycles. The van der Waals surface area contributed by atoms with Gasteiger partial charge in [0, 0.05) is 22.2 Å². The molecule has 0 fully saturated rings. The maximum Gasteiger partial charge on any atom is 0.306 e. The molecule has 1 unspecified atom stereocenters. The molecular weight excluding hydrogens is 308 g/mol. The van der Waals surface area contributed by atoms with E-state index in [4.69, 9.17) is 5.11 Å². The first kappa shape index (κ1) is 13.8.